The number of ether oxygens (including phenoxy) is 1. The van der Waals surface area contributed by atoms with Crippen LogP contribution in [0, 0.1) is 11.5 Å². The Kier molecular flexibility index (Phi) is 5.55. The number of rotatable bonds is 5. The zero-order valence-corrected chi connectivity index (χ0v) is 15.1. The number of hydrogen-bond donors (Lipinski definition) is 0. The van der Waals surface area contributed by atoms with Gasteiger partial charge in [-0.25, -0.2) is 0 Å². The summed E-state index contributed by atoms with van der Waals surface area (Å²) >= 11 is 0. The van der Waals surface area contributed by atoms with Gasteiger partial charge in [0.2, 0.25) is 0 Å². The first-order valence-corrected chi connectivity index (χ1v) is 8.51. The molecule has 3 nitrogen and oxygen atoms in total. The highest BCUT2D eigenvalue weighted by Gasteiger charge is 2.30. The fourth-order valence-corrected chi connectivity index (χ4v) is 2.73. The van der Waals surface area contributed by atoms with Crippen LogP contribution in [0.3, 0.4) is 0 Å². The molecule has 0 unspecified atom stereocenters. The molecule has 0 aliphatic carbocycles. The number of para-hydroxylation sites is 1. The van der Waals surface area contributed by atoms with E-state index >= 15 is 0 Å². The van der Waals surface area contributed by atoms with Crippen LogP contribution in [-0.4, -0.2) is 11.9 Å². The Balaban J connectivity index is 1.83. The van der Waals surface area contributed by atoms with Crippen LogP contribution in [0.25, 0.3) is 11.1 Å². The minimum atomic E-state index is -4.38. The van der Waals surface area contributed by atoms with Crippen molar-refractivity contribution in [1.29, 1.82) is 5.26 Å². The van der Waals surface area contributed by atoms with Crippen molar-refractivity contribution in [2.45, 2.75) is 12.7 Å². The summed E-state index contributed by atoms with van der Waals surface area (Å²) in [4.78, 5) is 1.52. The molecule has 0 amide bonds. The Morgan fingerprint density at radius 2 is 1.57 bits per heavy atom. The number of benzene rings is 3. The van der Waals surface area contributed by atoms with Crippen LogP contribution in [0.15, 0.2) is 72.8 Å². The molecule has 0 saturated carbocycles. The number of nitriles is 1. The molecule has 28 heavy (non-hydrogen) atoms. The smallest absolute Gasteiger partial charge is 0.416 e. The van der Waals surface area contributed by atoms with Gasteiger partial charge in [0.25, 0.3) is 0 Å². The maximum absolute atomic E-state index is 12.7. The molecule has 3 aromatic rings. The second-order valence-electron chi connectivity index (χ2n) is 6.27. The Hall–Kier alpha value is -3.46. The summed E-state index contributed by atoms with van der Waals surface area (Å²) in [5, 5.41) is 8.86. The molecule has 0 aliphatic rings. The first kappa shape index (κ1) is 19.3. The molecule has 6 heteroatoms. The third-order valence-corrected chi connectivity index (χ3v) is 4.15. The van der Waals surface area contributed by atoms with Crippen molar-refractivity contribution in [3.05, 3.63) is 83.9 Å². The largest absolute Gasteiger partial charge is 0.457 e. The number of alkyl halides is 3. The molecule has 0 bridgehead atoms. The standard InChI is InChI=1S/C22H17F3N2O/c1-27(15-26)14-16-6-8-17(9-7-16)20-4-2-3-5-21(20)28-19-12-10-18(11-13-19)22(23,24)25/h2-13H,14H2,1H3. The van der Waals surface area contributed by atoms with Crippen molar-refractivity contribution in [2.24, 2.45) is 0 Å². The molecular weight excluding hydrogens is 365 g/mol. The van der Waals surface area contributed by atoms with Gasteiger partial charge in [-0.3, -0.25) is 0 Å². The second-order valence-corrected chi connectivity index (χ2v) is 6.27. The van der Waals surface area contributed by atoms with Crippen LogP contribution in [0.4, 0.5) is 13.2 Å². The summed E-state index contributed by atoms with van der Waals surface area (Å²) in [5.41, 5.74) is 2.01. The number of hydrogen-bond acceptors (Lipinski definition) is 3. The van der Waals surface area contributed by atoms with Crippen LogP contribution in [-0.2, 0) is 12.7 Å². The summed E-state index contributed by atoms with van der Waals surface area (Å²) in [7, 11) is 1.71. The predicted molar refractivity (Wildman–Crippen MR) is 100 cm³/mol. The van der Waals surface area contributed by atoms with Gasteiger partial charge >= 0.3 is 6.18 Å². The lowest BCUT2D eigenvalue weighted by Crippen LogP contribution is -2.09. The molecule has 142 valence electrons. The Bertz CT molecular complexity index is 974. The van der Waals surface area contributed by atoms with E-state index in [4.69, 9.17) is 10.00 Å². The van der Waals surface area contributed by atoms with E-state index in [1.54, 1.807) is 19.2 Å². The maximum atomic E-state index is 12.7. The van der Waals surface area contributed by atoms with Crippen molar-refractivity contribution in [3.63, 3.8) is 0 Å². The number of nitrogens with zero attached hydrogens (tertiary/aromatic N) is 2. The molecule has 0 radical (unpaired) electrons. The molecular formula is C22H17F3N2O. The minimum absolute atomic E-state index is 0.327. The van der Waals surface area contributed by atoms with E-state index < -0.39 is 11.7 Å². The molecule has 0 fully saturated rings. The van der Waals surface area contributed by atoms with E-state index in [9.17, 15) is 13.2 Å². The van der Waals surface area contributed by atoms with Gasteiger partial charge in [0.05, 0.1) is 12.1 Å². The van der Waals surface area contributed by atoms with Crippen LogP contribution in [0.5, 0.6) is 11.5 Å². The summed E-state index contributed by atoms with van der Waals surface area (Å²) < 4.78 is 43.9. The Morgan fingerprint density at radius 1 is 0.929 bits per heavy atom. The van der Waals surface area contributed by atoms with Crippen molar-refractivity contribution < 1.29 is 17.9 Å². The molecule has 0 spiro atoms. The predicted octanol–water partition coefficient (Wildman–Crippen LogP) is 6.08. The lowest BCUT2D eigenvalue weighted by atomic mass is 10.0. The summed E-state index contributed by atoms with van der Waals surface area (Å²) in [5.74, 6) is 0.872. The fraction of sp³-hybridized carbons (Fsp3) is 0.136. The van der Waals surface area contributed by atoms with Crippen LogP contribution in [0.1, 0.15) is 11.1 Å². The first-order valence-electron chi connectivity index (χ1n) is 8.51. The number of halogens is 3. The fourth-order valence-electron chi connectivity index (χ4n) is 2.73. The summed E-state index contributed by atoms with van der Waals surface area (Å²) in [6, 6.07) is 19.6. The van der Waals surface area contributed by atoms with E-state index in [1.807, 2.05) is 36.4 Å². The van der Waals surface area contributed by atoms with Crippen molar-refractivity contribution in [2.75, 3.05) is 7.05 Å². The van der Waals surface area contributed by atoms with Crippen molar-refractivity contribution >= 4 is 0 Å². The van der Waals surface area contributed by atoms with Gasteiger partial charge < -0.3 is 9.64 Å². The topological polar surface area (TPSA) is 36.3 Å². The molecule has 3 rings (SSSR count). The highest BCUT2D eigenvalue weighted by atomic mass is 19.4. The monoisotopic (exact) mass is 382 g/mol. The first-order chi connectivity index (χ1) is 13.4. The van der Waals surface area contributed by atoms with Crippen LogP contribution in [0.2, 0.25) is 0 Å². The van der Waals surface area contributed by atoms with Crippen LogP contribution >= 0.6 is 0 Å². The molecule has 0 aromatic heterocycles. The zero-order valence-electron chi connectivity index (χ0n) is 15.1. The van der Waals surface area contributed by atoms with Crippen LogP contribution < -0.4 is 4.74 Å². The Labute approximate surface area is 161 Å². The highest BCUT2D eigenvalue weighted by Crippen LogP contribution is 2.35. The van der Waals surface area contributed by atoms with Gasteiger partial charge in [-0.1, -0.05) is 42.5 Å². The quantitative estimate of drug-likeness (QED) is 0.396. The molecule has 0 heterocycles. The molecule has 0 N–H and O–H groups in total. The normalized spacial score (nSPS) is 11.0. The zero-order chi connectivity index (χ0) is 20.1. The van der Waals surface area contributed by atoms with E-state index in [-0.39, 0.29) is 0 Å². The van der Waals surface area contributed by atoms with Gasteiger partial charge in [0, 0.05) is 12.6 Å². The van der Waals surface area contributed by atoms with E-state index in [0.717, 1.165) is 28.8 Å². The van der Waals surface area contributed by atoms with Gasteiger partial charge in [-0.15, -0.1) is 0 Å². The van der Waals surface area contributed by atoms with Gasteiger partial charge in [-0.05, 0) is 41.5 Å². The average Bonchev–Trinajstić information content (AvgIpc) is 2.69. The van der Waals surface area contributed by atoms with Gasteiger partial charge in [0.1, 0.15) is 11.5 Å². The third kappa shape index (κ3) is 4.63. The maximum Gasteiger partial charge on any atom is 0.416 e. The molecule has 0 atom stereocenters. The Morgan fingerprint density at radius 3 is 2.18 bits per heavy atom. The van der Waals surface area contributed by atoms with E-state index in [2.05, 4.69) is 6.19 Å². The van der Waals surface area contributed by atoms with E-state index in [0.29, 0.717) is 18.0 Å². The SMILES string of the molecule is CN(C#N)Cc1ccc(-c2ccccc2Oc2ccc(C(F)(F)F)cc2)cc1. The van der Waals surface area contributed by atoms with Crippen molar-refractivity contribution in [3.8, 4) is 28.8 Å². The molecule has 0 saturated heterocycles. The minimum Gasteiger partial charge on any atom is -0.457 e. The second kappa shape index (κ2) is 8.05. The average molecular weight is 382 g/mol. The molecule has 0 aliphatic heterocycles. The molecule has 3 aromatic carbocycles. The van der Waals surface area contributed by atoms with Gasteiger partial charge in [0.15, 0.2) is 6.19 Å². The van der Waals surface area contributed by atoms with Gasteiger partial charge in [-0.2, -0.15) is 18.4 Å². The highest BCUT2D eigenvalue weighted by molar-refractivity contribution is 5.71. The third-order valence-electron chi connectivity index (χ3n) is 4.15. The lowest BCUT2D eigenvalue weighted by Gasteiger charge is -2.13. The summed E-state index contributed by atoms with van der Waals surface area (Å²) in [6.07, 6.45) is -2.32. The summed E-state index contributed by atoms with van der Waals surface area (Å²) in [6.45, 7) is 0.514. The van der Waals surface area contributed by atoms with Crippen molar-refractivity contribution in [1.82, 2.24) is 4.90 Å². The lowest BCUT2D eigenvalue weighted by molar-refractivity contribution is -0.137. The van der Waals surface area contributed by atoms with E-state index in [1.165, 1.54) is 17.0 Å².